The van der Waals surface area contributed by atoms with E-state index in [-0.39, 0.29) is 6.04 Å². The van der Waals surface area contributed by atoms with E-state index < -0.39 is 5.97 Å². The van der Waals surface area contributed by atoms with Crippen molar-refractivity contribution in [2.45, 2.75) is 26.3 Å². The van der Waals surface area contributed by atoms with Gasteiger partial charge < -0.3 is 5.11 Å². The molecule has 0 aromatic carbocycles. The van der Waals surface area contributed by atoms with Gasteiger partial charge in [0.2, 0.25) is 0 Å². The molecule has 0 aliphatic rings. The van der Waals surface area contributed by atoms with Crippen LogP contribution in [0.15, 0.2) is 0 Å². The van der Waals surface area contributed by atoms with Crippen LogP contribution in [0.25, 0.3) is 0 Å². The Bertz CT molecular complexity index is 132. The van der Waals surface area contributed by atoms with Crippen molar-refractivity contribution in [2.75, 3.05) is 14.1 Å². The number of hydrogen-bond acceptors (Lipinski definition) is 2. The molecule has 0 spiro atoms. The summed E-state index contributed by atoms with van der Waals surface area (Å²) in [5, 5.41) is 8.75. The first-order valence-corrected chi connectivity index (χ1v) is 3.84. The van der Waals surface area contributed by atoms with Crippen molar-refractivity contribution in [2.24, 2.45) is 5.92 Å². The largest absolute Gasteiger partial charge is 0.480 e. The smallest absolute Gasteiger partial charge is 0.320 e. The number of carboxylic acids is 1. The summed E-state index contributed by atoms with van der Waals surface area (Å²) >= 11 is 0. The topological polar surface area (TPSA) is 40.5 Å². The summed E-state index contributed by atoms with van der Waals surface area (Å²) in [4.78, 5) is 12.4. The first kappa shape index (κ1) is 10.4. The normalized spacial score (nSPS) is 14.0. The number of rotatable bonds is 4. The van der Waals surface area contributed by atoms with Gasteiger partial charge in [-0.15, -0.1) is 0 Å². The van der Waals surface area contributed by atoms with Gasteiger partial charge in [0.05, 0.1) is 0 Å². The lowest BCUT2D eigenvalue weighted by molar-refractivity contribution is -0.142. The maximum Gasteiger partial charge on any atom is 0.320 e. The van der Waals surface area contributed by atoms with Crippen molar-refractivity contribution < 1.29 is 9.90 Å². The van der Waals surface area contributed by atoms with E-state index in [4.69, 9.17) is 5.11 Å². The summed E-state index contributed by atoms with van der Waals surface area (Å²) in [6.07, 6.45) is 0.711. The van der Waals surface area contributed by atoms with Gasteiger partial charge in [-0.3, -0.25) is 9.69 Å². The van der Waals surface area contributed by atoms with E-state index in [1.807, 2.05) is 13.8 Å². The second-order valence-corrected chi connectivity index (χ2v) is 3.45. The third-order valence-electron chi connectivity index (χ3n) is 1.60. The molecule has 0 unspecified atom stereocenters. The molecule has 0 saturated heterocycles. The average Bonchev–Trinajstić information content (AvgIpc) is 1.81. The average molecular weight is 159 g/mol. The van der Waals surface area contributed by atoms with Gasteiger partial charge in [-0.1, -0.05) is 13.8 Å². The van der Waals surface area contributed by atoms with Crippen molar-refractivity contribution in [3.8, 4) is 0 Å². The van der Waals surface area contributed by atoms with E-state index >= 15 is 0 Å². The zero-order valence-electron chi connectivity index (χ0n) is 7.66. The van der Waals surface area contributed by atoms with Crippen molar-refractivity contribution in [1.82, 2.24) is 4.90 Å². The molecule has 0 bridgehead atoms. The minimum Gasteiger partial charge on any atom is -0.480 e. The number of hydrogen-bond donors (Lipinski definition) is 1. The van der Waals surface area contributed by atoms with Gasteiger partial charge in [-0.25, -0.2) is 0 Å². The first-order chi connectivity index (χ1) is 4.95. The van der Waals surface area contributed by atoms with Crippen LogP contribution in [0.4, 0.5) is 0 Å². The zero-order valence-corrected chi connectivity index (χ0v) is 7.66. The Hall–Kier alpha value is -0.570. The Morgan fingerprint density at radius 2 is 1.91 bits per heavy atom. The number of carbonyl (C=O) groups is 1. The fraction of sp³-hybridized carbons (Fsp3) is 0.875. The fourth-order valence-corrected chi connectivity index (χ4v) is 0.979. The van der Waals surface area contributed by atoms with Crippen LogP contribution in [-0.2, 0) is 4.79 Å². The van der Waals surface area contributed by atoms with Crippen LogP contribution in [0.1, 0.15) is 20.3 Å². The molecule has 0 radical (unpaired) electrons. The van der Waals surface area contributed by atoms with Crippen LogP contribution < -0.4 is 0 Å². The van der Waals surface area contributed by atoms with E-state index in [1.54, 1.807) is 19.0 Å². The lowest BCUT2D eigenvalue weighted by Crippen LogP contribution is -2.36. The summed E-state index contributed by atoms with van der Waals surface area (Å²) in [6.45, 7) is 4.05. The van der Waals surface area contributed by atoms with Crippen LogP contribution in [0.3, 0.4) is 0 Å². The van der Waals surface area contributed by atoms with Gasteiger partial charge in [0.25, 0.3) is 0 Å². The van der Waals surface area contributed by atoms with E-state index in [0.29, 0.717) is 12.3 Å². The predicted molar refractivity (Wildman–Crippen MR) is 44.6 cm³/mol. The van der Waals surface area contributed by atoms with Crippen molar-refractivity contribution in [3.63, 3.8) is 0 Å². The molecule has 0 fully saturated rings. The van der Waals surface area contributed by atoms with E-state index in [9.17, 15) is 4.79 Å². The van der Waals surface area contributed by atoms with E-state index in [2.05, 4.69) is 0 Å². The number of aliphatic carboxylic acids is 1. The third kappa shape index (κ3) is 3.98. The molecule has 0 aliphatic carbocycles. The van der Waals surface area contributed by atoms with Crippen LogP contribution in [0, 0.1) is 5.92 Å². The van der Waals surface area contributed by atoms with Crippen molar-refractivity contribution in [1.29, 1.82) is 0 Å². The quantitative estimate of drug-likeness (QED) is 0.666. The zero-order chi connectivity index (χ0) is 9.02. The second kappa shape index (κ2) is 4.34. The Balaban J connectivity index is 4.01. The molecule has 0 amide bonds. The molecule has 66 valence electrons. The van der Waals surface area contributed by atoms with Gasteiger partial charge in [0.15, 0.2) is 0 Å². The minimum absolute atomic E-state index is 0.338. The predicted octanol–water partition coefficient (Wildman–Crippen LogP) is 1.05. The minimum atomic E-state index is -0.733. The highest BCUT2D eigenvalue weighted by molar-refractivity contribution is 5.73. The van der Waals surface area contributed by atoms with Crippen molar-refractivity contribution in [3.05, 3.63) is 0 Å². The number of carboxylic acid groups (broad SMARTS) is 1. The molecule has 0 aliphatic heterocycles. The maximum absolute atomic E-state index is 10.6. The molecule has 1 N–H and O–H groups in total. The number of likely N-dealkylation sites (N-methyl/N-ethyl adjacent to an activating group) is 1. The van der Waals surface area contributed by atoms with Gasteiger partial charge in [-0.2, -0.15) is 0 Å². The van der Waals surface area contributed by atoms with Crippen LogP contribution in [0.2, 0.25) is 0 Å². The van der Waals surface area contributed by atoms with Crippen LogP contribution >= 0.6 is 0 Å². The highest BCUT2D eigenvalue weighted by Crippen LogP contribution is 2.08. The lowest BCUT2D eigenvalue weighted by Gasteiger charge is -2.21. The monoisotopic (exact) mass is 159 g/mol. The van der Waals surface area contributed by atoms with Crippen LogP contribution in [-0.4, -0.2) is 36.1 Å². The van der Waals surface area contributed by atoms with E-state index in [1.165, 1.54) is 0 Å². The van der Waals surface area contributed by atoms with Crippen molar-refractivity contribution >= 4 is 5.97 Å². The van der Waals surface area contributed by atoms with Gasteiger partial charge in [0.1, 0.15) is 6.04 Å². The summed E-state index contributed by atoms with van der Waals surface area (Å²) < 4.78 is 0. The molecule has 3 nitrogen and oxygen atoms in total. The molecule has 0 aromatic heterocycles. The third-order valence-corrected chi connectivity index (χ3v) is 1.60. The molecular weight excluding hydrogens is 142 g/mol. The second-order valence-electron chi connectivity index (χ2n) is 3.45. The molecule has 11 heavy (non-hydrogen) atoms. The van der Waals surface area contributed by atoms with Gasteiger partial charge in [-0.05, 0) is 26.4 Å². The standard InChI is InChI=1S/C8H17NO2/c1-6(2)5-7(8(10)11)9(3)4/h6-7H,5H2,1-4H3,(H,10,11)/t7-/m1/s1. The summed E-state index contributed by atoms with van der Waals surface area (Å²) in [7, 11) is 3.59. The highest BCUT2D eigenvalue weighted by atomic mass is 16.4. The molecule has 0 aromatic rings. The fourth-order valence-electron chi connectivity index (χ4n) is 0.979. The molecule has 0 rings (SSSR count). The van der Waals surface area contributed by atoms with Gasteiger partial charge >= 0.3 is 5.97 Å². The Kier molecular flexibility index (Phi) is 4.11. The SMILES string of the molecule is CC(C)C[C@H](C(=O)O)N(C)C. The summed E-state index contributed by atoms with van der Waals surface area (Å²) in [5.74, 6) is -0.304. The van der Waals surface area contributed by atoms with E-state index in [0.717, 1.165) is 0 Å². The van der Waals surface area contributed by atoms with Gasteiger partial charge in [0, 0.05) is 0 Å². The Labute approximate surface area is 68.0 Å². The maximum atomic E-state index is 10.6. The molecule has 0 saturated carbocycles. The lowest BCUT2D eigenvalue weighted by atomic mass is 10.0. The Morgan fingerprint density at radius 3 is 2.00 bits per heavy atom. The molecule has 3 heteroatoms. The molecule has 0 heterocycles. The highest BCUT2D eigenvalue weighted by Gasteiger charge is 2.20. The summed E-state index contributed by atoms with van der Waals surface area (Å²) in [5.41, 5.74) is 0. The van der Waals surface area contributed by atoms with Crippen LogP contribution in [0.5, 0.6) is 0 Å². The molecular formula is C8H17NO2. The first-order valence-electron chi connectivity index (χ1n) is 3.84. The molecule has 1 atom stereocenters. The Morgan fingerprint density at radius 1 is 1.45 bits per heavy atom. The summed E-state index contributed by atoms with van der Waals surface area (Å²) in [6, 6.07) is -0.338. The number of nitrogens with zero attached hydrogens (tertiary/aromatic N) is 1.